The molecule has 0 spiro atoms. The number of esters is 1. The molecule has 10 nitrogen and oxygen atoms in total. The first kappa shape index (κ1) is 21.9. The minimum Gasteiger partial charge on any atom is -0.459 e. The van der Waals surface area contributed by atoms with Crippen LogP contribution in [-0.4, -0.2) is 60.3 Å². The lowest BCUT2D eigenvalue weighted by atomic mass is 10.4. The third kappa shape index (κ3) is 9.77. The van der Waals surface area contributed by atoms with Crippen molar-refractivity contribution in [2.24, 2.45) is 4.99 Å². The molecular formula is C16H21N7O3S. The normalized spacial score (nSPS) is 10.2. The Morgan fingerprint density at radius 1 is 1.37 bits per heavy atom. The van der Waals surface area contributed by atoms with Gasteiger partial charge in [0.1, 0.15) is 0 Å². The molecule has 0 saturated heterocycles. The number of H-pyrrole nitrogens is 1. The van der Waals surface area contributed by atoms with Crippen molar-refractivity contribution in [3.63, 3.8) is 0 Å². The Kier molecular flexibility index (Phi) is 10.6. The largest absolute Gasteiger partial charge is 0.459 e. The SMILES string of the molecule is COC(=O)C#CC(=O)NCCNC(=NCCSCc1nc[nH]c1C)NC#N. The van der Waals surface area contributed by atoms with Crippen LogP contribution in [0.5, 0.6) is 0 Å². The van der Waals surface area contributed by atoms with E-state index >= 15 is 0 Å². The molecule has 0 fully saturated rings. The number of guanidine groups is 1. The molecule has 0 aliphatic carbocycles. The van der Waals surface area contributed by atoms with Crippen molar-refractivity contribution >= 4 is 29.6 Å². The van der Waals surface area contributed by atoms with E-state index in [0.717, 1.165) is 22.9 Å². The average Bonchev–Trinajstić information content (AvgIpc) is 3.07. The number of ether oxygens (including phenoxy) is 1. The predicted molar refractivity (Wildman–Crippen MR) is 101 cm³/mol. The zero-order valence-corrected chi connectivity index (χ0v) is 15.9. The van der Waals surface area contributed by atoms with Crippen LogP contribution in [0.1, 0.15) is 11.4 Å². The number of carbonyl (C=O) groups excluding carboxylic acids is 2. The maximum Gasteiger partial charge on any atom is 0.384 e. The third-order valence-electron chi connectivity index (χ3n) is 3.02. The molecule has 4 N–H and O–H groups in total. The Balaban J connectivity index is 2.25. The smallest absolute Gasteiger partial charge is 0.384 e. The van der Waals surface area contributed by atoms with Gasteiger partial charge in [-0.2, -0.15) is 17.0 Å². The lowest BCUT2D eigenvalue weighted by molar-refractivity contribution is -0.134. The van der Waals surface area contributed by atoms with Crippen LogP contribution in [0.25, 0.3) is 0 Å². The van der Waals surface area contributed by atoms with Gasteiger partial charge in [-0.1, -0.05) is 0 Å². The van der Waals surface area contributed by atoms with E-state index in [1.807, 2.05) is 12.8 Å². The number of nitriles is 1. The van der Waals surface area contributed by atoms with E-state index in [2.05, 4.69) is 41.6 Å². The first-order valence-electron chi connectivity index (χ1n) is 7.94. The van der Waals surface area contributed by atoms with Crippen LogP contribution in [0, 0.1) is 30.2 Å². The molecule has 1 amide bonds. The summed E-state index contributed by atoms with van der Waals surface area (Å²) >= 11 is 1.69. The molecule has 0 aliphatic rings. The maximum atomic E-state index is 11.4. The Hall–Kier alpha value is -3.18. The molecule has 0 aromatic carbocycles. The summed E-state index contributed by atoms with van der Waals surface area (Å²) in [6.45, 7) is 3.06. The van der Waals surface area contributed by atoms with Crippen molar-refractivity contribution in [1.29, 1.82) is 5.26 Å². The average molecular weight is 391 g/mol. The summed E-state index contributed by atoms with van der Waals surface area (Å²) in [6, 6.07) is 0. The number of aromatic nitrogens is 2. The molecule has 1 aromatic rings. The van der Waals surface area contributed by atoms with E-state index in [-0.39, 0.29) is 6.54 Å². The predicted octanol–water partition coefficient (Wildman–Crippen LogP) is -0.740. The first-order chi connectivity index (χ1) is 13.1. The van der Waals surface area contributed by atoms with Gasteiger partial charge < -0.3 is 20.4 Å². The summed E-state index contributed by atoms with van der Waals surface area (Å²) in [7, 11) is 1.18. The molecule has 0 radical (unpaired) electrons. The lowest BCUT2D eigenvalue weighted by Gasteiger charge is -2.08. The molecule has 11 heteroatoms. The number of nitrogens with one attached hydrogen (secondary N) is 4. The number of nitrogens with zero attached hydrogens (tertiary/aromatic N) is 3. The fourth-order valence-electron chi connectivity index (χ4n) is 1.68. The van der Waals surface area contributed by atoms with Gasteiger partial charge in [0, 0.05) is 42.1 Å². The Bertz CT molecular complexity index is 758. The van der Waals surface area contributed by atoms with Gasteiger partial charge in [0.25, 0.3) is 5.91 Å². The molecule has 0 atom stereocenters. The second-order valence-electron chi connectivity index (χ2n) is 4.92. The number of aliphatic imine (C=N–C) groups is 1. The van der Waals surface area contributed by atoms with Crippen LogP contribution in [-0.2, 0) is 20.1 Å². The number of hydrogen-bond donors (Lipinski definition) is 4. The second-order valence-corrected chi connectivity index (χ2v) is 6.02. The van der Waals surface area contributed by atoms with Gasteiger partial charge in [0.2, 0.25) is 5.96 Å². The quantitative estimate of drug-likeness (QED) is 0.0663. The third-order valence-corrected chi connectivity index (χ3v) is 3.97. The van der Waals surface area contributed by atoms with Crippen LogP contribution < -0.4 is 16.0 Å². The Morgan fingerprint density at radius 2 is 2.15 bits per heavy atom. The number of aryl methyl sites for hydroxylation is 1. The number of rotatable bonds is 8. The van der Waals surface area contributed by atoms with Gasteiger partial charge in [-0.05, 0) is 6.92 Å². The highest BCUT2D eigenvalue weighted by Gasteiger charge is 2.02. The number of amides is 1. The minimum atomic E-state index is -0.781. The first-order valence-corrected chi connectivity index (χ1v) is 9.10. The fraction of sp³-hybridized carbons (Fsp3) is 0.438. The topological polar surface area (TPSA) is 144 Å². The van der Waals surface area contributed by atoms with Crippen molar-refractivity contribution in [1.82, 2.24) is 25.9 Å². The van der Waals surface area contributed by atoms with E-state index in [4.69, 9.17) is 5.26 Å². The van der Waals surface area contributed by atoms with Crippen LogP contribution >= 0.6 is 11.8 Å². The standard InChI is InChI=1S/C16H21N7O3S/c1-12-13(23-11-22-12)9-27-8-7-20-16(21-10-17)19-6-5-18-14(24)3-4-15(25)26-2/h11H,5-9H2,1-2H3,(H,18,24)(H,22,23)(H2,19,20,21). The van der Waals surface area contributed by atoms with Crippen molar-refractivity contribution < 1.29 is 14.3 Å². The van der Waals surface area contributed by atoms with Gasteiger partial charge >= 0.3 is 5.97 Å². The maximum absolute atomic E-state index is 11.4. The number of carbonyl (C=O) groups is 2. The molecule has 1 aromatic heterocycles. The summed E-state index contributed by atoms with van der Waals surface area (Å²) in [5.74, 6) is 4.63. The second kappa shape index (κ2) is 13.1. The molecular weight excluding hydrogens is 370 g/mol. The zero-order valence-electron chi connectivity index (χ0n) is 15.1. The molecule has 1 rings (SSSR count). The van der Waals surface area contributed by atoms with Crippen molar-refractivity contribution in [2.45, 2.75) is 12.7 Å². The van der Waals surface area contributed by atoms with Crippen molar-refractivity contribution in [2.75, 3.05) is 32.5 Å². The minimum absolute atomic E-state index is 0.244. The highest BCUT2D eigenvalue weighted by Crippen LogP contribution is 2.11. The van der Waals surface area contributed by atoms with Gasteiger partial charge in [-0.15, -0.1) is 0 Å². The number of methoxy groups -OCH3 is 1. The summed E-state index contributed by atoms with van der Waals surface area (Å²) < 4.78 is 4.30. The van der Waals surface area contributed by atoms with Gasteiger partial charge in [-0.3, -0.25) is 15.1 Å². The van der Waals surface area contributed by atoms with Crippen LogP contribution in [0.2, 0.25) is 0 Å². The highest BCUT2D eigenvalue weighted by atomic mass is 32.2. The molecule has 27 heavy (non-hydrogen) atoms. The van der Waals surface area contributed by atoms with E-state index < -0.39 is 11.9 Å². The van der Waals surface area contributed by atoms with Gasteiger partial charge in [0.15, 0.2) is 6.19 Å². The molecule has 0 unspecified atom stereocenters. The van der Waals surface area contributed by atoms with Crippen molar-refractivity contribution in [3.8, 4) is 18.0 Å². The van der Waals surface area contributed by atoms with Crippen molar-refractivity contribution in [3.05, 3.63) is 17.7 Å². The molecule has 0 bridgehead atoms. The van der Waals surface area contributed by atoms with Gasteiger partial charge in [-0.25, -0.2) is 9.78 Å². The van der Waals surface area contributed by atoms with E-state index in [1.165, 1.54) is 7.11 Å². The number of hydrogen-bond acceptors (Lipinski definition) is 7. The van der Waals surface area contributed by atoms with Crippen LogP contribution in [0.4, 0.5) is 0 Å². The van der Waals surface area contributed by atoms with Crippen LogP contribution in [0.15, 0.2) is 11.3 Å². The summed E-state index contributed by atoms with van der Waals surface area (Å²) in [4.78, 5) is 33.7. The summed E-state index contributed by atoms with van der Waals surface area (Å²) in [5, 5.41) is 16.6. The Morgan fingerprint density at radius 3 is 2.81 bits per heavy atom. The van der Waals surface area contributed by atoms with E-state index in [1.54, 1.807) is 24.3 Å². The summed E-state index contributed by atoms with van der Waals surface area (Å²) in [5.41, 5.74) is 2.07. The lowest BCUT2D eigenvalue weighted by Crippen LogP contribution is -2.39. The Labute approximate surface area is 161 Å². The number of thioether (sulfide) groups is 1. The monoisotopic (exact) mass is 391 g/mol. The highest BCUT2D eigenvalue weighted by molar-refractivity contribution is 7.98. The molecule has 144 valence electrons. The molecule has 1 heterocycles. The van der Waals surface area contributed by atoms with Gasteiger partial charge in [0.05, 0.1) is 25.7 Å². The van der Waals surface area contributed by atoms with Crippen LogP contribution in [0.3, 0.4) is 0 Å². The number of aromatic amines is 1. The van der Waals surface area contributed by atoms with E-state index in [0.29, 0.717) is 19.0 Å². The van der Waals surface area contributed by atoms with E-state index in [9.17, 15) is 9.59 Å². The zero-order chi connectivity index (χ0) is 19.9. The molecule has 0 aliphatic heterocycles. The molecule has 0 saturated carbocycles. The number of imidazole rings is 1. The fourth-order valence-corrected chi connectivity index (χ4v) is 2.53. The summed E-state index contributed by atoms with van der Waals surface area (Å²) in [6.07, 6.45) is 3.47.